The fourth-order valence-corrected chi connectivity index (χ4v) is 3.26. The molecule has 0 radical (unpaired) electrons. The number of hydrogen-bond donors (Lipinski definition) is 0. The molecular formula is C24H20F3N3O3. The van der Waals surface area contributed by atoms with Crippen LogP contribution in [0.15, 0.2) is 75.9 Å². The summed E-state index contributed by atoms with van der Waals surface area (Å²) in [5.74, 6) is 0.691. The van der Waals surface area contributed by atoms with Gasteiger partial charge in [-0.05, 0) is 43.3 Å². The van der Waals surface area contributed by atoms with E-state index in [0.29, 0.717) is 11.3 Å². The Bertz CT molecular complexity index is 1220. The lowest BCUT2D eigenvalue weighted by Crippen LogP contribution is -2.32. The quantitative estimate of drug-likeness (QED) is 0.366. The van der Waals surface area contributed by atoms with Gasteiger partial charge in [0.05, 0.1) is 18.4 Å². The summed E-state index contributed by atoms with van der Waals surface area (Å²) < 4.78 is 49.6. The first-order chi connectivity index (χ1) is 15.8. The molecule has 0 aliphatic rings. The van der Waals surface area contributed by atoms with Crippen LogP contribution < -0.4 is 0 Å². The van der Waals surface area contributed by atoms with Gasteiger partial charge in [0, 0.05) is 24.1 Å². The van der Waals surface area contributed by atoms with Gasteiger partial charge in [-0.3, -0.25) is 4.79 Å². The minimum Gasteiger partial charge on any atom is -0.467 e. The highest BCUT2D eigenvalue weighted by molar-refractivity contribution is 5.94. The first-order valence-corrected chi connectivity index (χ1v) is 10.2. The summed E-state index contributed by atoms with van der Waals surface area (Å²) in [6, 6.07) is 15.5. The van der Waals surface area contributed by atoms with Crippen LogP contribution in [0, 0.1) is 6.92 Å². The summed E-state index contributed by atoms with van der Waals surface area (Å²) in [7, 11) is 0. The Kier molecular flexibility index (Phi) is 6.30. The molecule has 33 heavy (non-hydrogen) atoms. The monoisotopic (exact) mass is 455 g/mol. The number of aryl methyl sites for hydroxylation is 1. The molecule has 0 bridgehead atoms. The van der Waals surface area contributed by atoms with Gasteiger partial charge >= 0.3 is 6.18 Å². The minimum absolute atomic E-state index is 0.0542. The molecule has 0 unspecified atom stereocenters. The first kappa shape index (κ1) is 22.3. The Morgan fingerprint density at radius 1 is 1.06 bits per heavy atom. The van der Waals surface area contributed by atoms with Crippen LogP contribution >= 0.6 is 0 Å². The van der Waals surface area contributed by atoms with Crippen molar-refractivity contribution in [3.05, 3.63) is 95.3 Å². The van der Waals surface area contributed by atoms with Gasteiger partial charge in [-0.1, -0.05) is 35.0 Å². The zero-order valence-electron chi connectivity index (χ0n) is 17.7. The van der Waals surface area contributed by atoms with E-state index in [9.17, 15) is 18.0 Å². The maximum Gasteiger partial charge on any atom is 0.416 e. The first-order valence-electron chi connectivity index (χ1n) is 10.2. The van der Waals surface area contributed by atoms with Gasteiger partial charge in [0.15, 0.2) is 0 Å². The van der Waals surface area contributed by atoms with Crippen LogP contribution in [0.5, 0.6) is 0 Å². The van der Waals surface area contributed by atoms with Gasteiger partial charge in [-0.25, -0.2) is 0 Å². The molecule has 0 aliphatic heterocycles. The Balaban J connectivity index is 1.50. The average molecular weight is 455 g/mol. The van der Waals surface area contributed by atoms with Crippen molar-refractivity contribution in [2.45, 2.75) is 26.1 Å². The minimum atomic E-state index is -4.47. The molecule has 2 aromatic carbocycles. The third-order valence-corrected chi connectivity index (χ3v) is 5.02. The van der Waals surface area contributed by atoms with E-state index in [0.717, 1.165) is 17.7 Å². The SMILES string of the molecule is Cc1ccc(C(=O)N(CCc2nc(-c3cccc(C(F)(F)F)c3)no2)Cc2ccco2)cc1. The van der Waals surface area contributed by atoms with Gasteiger partial charge in [-0.15, -0.1) is 0 Å². The van der Waals surface area contributed by atoms with Gasteiger partial charge in [0.2, 0.25) is 11.7 Å². The van der Waals surface area contributed by atoms with E-state index in [2.05, 4.69) is 10.1 Å². The topological polar surface area (TPSA) is 72.4 Å². The highest BCUT2D eigenvalue weighted by Crippen LogP contribution is 2.31. The fraction of sp³-hybridized carbons (Fsp3) is 0.208. The summed E-state index contributed by atoms with van der Waals surface area (Å²) >= 11 is 0. The number of amides is 1. The van der Waals surface area contributed by atoms with Crippen molar-refractivity contribution in [1.29, 1.82) is 0 Å². The predicted molar refractivity (Wildman–Crippen MR) is 113 cm³/mol. The number of hydrogen-bond acceptors (Lipinski definition) is 5. The third-order valence-electron chi connectivity index (χ3n) is 5.02. The number of benzene rings is 2. The largest absolute Gasteiger partial charge is 0.467 e. The zero-order valence-corrected chi connectivity index (χ0v) is 17.7. The van der Waals surface area contributed by atoms with Crippen LogP contribution in [0.25, 0.3) is 11.4 Å². The number of nitrogens with zero attached hydrogens (tertiary/aromatic N) is 3. The van der Waals surface area contributed by atoms with Gasteiger partial charge in [-0.2, -0.15) is 18.2 Å². The predicted octanol–water partition coefficient (Wildman–Crippen LogP) is 5.54. The standard InChI is InChI=1S/C24H20F3N3O3/c1-16-7-9-17(10-8-16)23(31)30(15-20-6-3-13-32-20)12-11-21-28-22(29-33-21)18-4-2-5-19(14-18)24(25,26)27/h2-10,13-14H,11-12,15H2,1H3. The Morgan fingerprint density at radius 3 is 2.55 bits per heavy atom. The van der Waals surface area contributed by atoms with E-state index in [-0.39, 0.29) is 42.7 Å². The van der Waals surface area contributed by atoms with Crippen LogP contribution in [-0.2, 0) is 19.1 Å². The van der Waals surface area contributed by atoms with Gasteiger partial charge < -0.3 is 13.8 Å². The van der Waals surface area contributed by atoms with Crippen LogP contribution in [0.3, 0.4) is 0 Å². The smallest absolute Gasteiger partial charge is 0.416 e. The van der Waals surface area contributed by atoms with E-state index < -0.39 is 11.7 Å². The molecular weight excluding hydrogens is 435 g/mol. The molecule has 4 aromatic rings. The number of alkyl halides is 3. The number of aromatic nitrogens is 2. The number of rotatable bonds is 7. The summed E-state index contributed by atoms with van der Waals surface area (Å²) in [4.78, 5) is 18.9. The molecule has 0 spiro atoms. The molecule has 0 saturated heterocycles. The highest BCUT2D eigenvalue weighted by atomic mass is 19.4. The molecule has 0 fully saturated rings. The highest BCUT2D eigenvalue weighted by Gasteiger charge is 2.30. The second kappa shape index (κ2) is 9.32. The molecule has 170 valence electrons. The second-order valence-corrected chi connectivity index (χ2v) is 7.51. The number of halogens is 3. The normalized spacial score (nSPS) is 11.5. The Hall–Kier alpha value is -3.88. The summed E-state index contributed by atoms with van der Waals surface area (Å²) in [6.07, 6.45) is -2.71. The summed E-state index contributed by atoms with van der Waals surface area (Å²) in [5, 5.41) is 3.80. The maximum absolute atomic E-state index is 13.1. The van der Waals surface area contributed by atoms with E-state index >= 15 is 0 Å². The summed E-state index contributed by atoms with van der Waals surface area (Å²) in [6.45, 7) is 2.43. The van der Waals surface area contributed by atoms with Gasteiger partial charge in [0.1, 0.15) is 5.76 Å². The van der Waals surface area contributed by atoms with E-state index in [1.807, 2.05) is 19.1 Å². The fourth-order valence-electron chi connectivity index (χ4n) is 3.26. The molecule has 9 heteroatoms. The van der Waals surface area contributed by atoms with Crippen molar-refractivity contribution < 1.29 is 26.9 Å². The molecule has 0 aliphatic carbocycles. The van der Waals surface area contributed by atoms with Crippen molar-refractivity contribution in [1.82, 2.24) is 15.0 Å². The van der Waals surface area contributed by atoms with Crippen LogP contribution in [-0.4, -0.2) is 27.5 Å². The molecule has 4 rings (SSSR count). The van der Waals surface area contributed by atoms with Crippen LogP contribution in [0.4, 0.5) is 13.2 Å². The van der Waals surface area contributed by atoms with Gasteiger partial charge in [0.25, 0.3) is 5.91 Å². The van der Waals surface area contributed by atoms with Crippen molar-refractivity contribution in [3.8, 4) is 11.4 Å². The lowest BCUT2D eigenvalue weighted by atomic mass is 10.1. The van der Waals surface area contributed by atoms with E-state index in [1.165, 1.54) is 18.4 Å². The number of carbonyl (C=O) groups excluding carboxylic acids is 1. The molecule has 0 N–H and O–H groups in total. The Labute approximate surface area is 187 Å². The lowest BCUT2D eigenvalue weighted by Gasteiger charge is -2.21. The number of carbonyl (C=O) groups is 1. The summed E-state index contributed by atoms with van der Waals surface area (Å²) in [5.41, 5.74) is 0.974. The van der Waals surface area contributed by atoms with E-state index in [1.54, 1.807) is 29.2 Å². The van der Waals surface area contributed by atoms with Crippen molar-refractivity contribution >= 4 is 5.91 Å². The van der Waals surface area contributed by atoms with Crippen molar-refractivity contribution in [3.63, 3.8) is 0 Å². The van der Waals surface area contributed by atoms with Crippen molar-refractivity contribution in [2.24, 2.45) is 0 Å². The number of furan rings is 1. The average Bonchev–Trinajstić information content (AvgIpc) is 3.48. The second-order valence-electron chi connectivity index (χ2n) is 7.51. The third kappa shape index (κ3) is 5.49. The lowest BCUT2D eigenvalue weighted by molar-refractivity contribution is -0.137. The van der Waals surface area contributed by atoms with E-state index in [4.69, 9.17) is 8.94 Å². The maximum atomic E-state index is 13.1. The van der Waals surface area contributed by atoms with Crippen molar-refractivity contribution in [2.75, 3.05) is 6.54 Å². The Morgan fingerprint density at radius 2 is 1.85 bits per heavy atom. The van der Waals surface area contributed by atoms with Crippen LogP contribution in [0.2, 0.25) is 0 Å². The molecule has 1 amide bonds. The molecule has 0 atom stereocenters. The molecule has 0 saturated carbocycles. The van der Waals surface area contributed by atoms with Crippen LogP contribution in [0.1, 0.15) is 33.1 Å². The zero-order chi connectivity index (χ0) is 23.4. The molecule has 2 aromatic heterocycles. The molecule has 6 nitrogen and oxygen atoms in total. The molecule has 2 heterocycles.